The Morgan fingerprint density at radius 2 is 2.16 bits per heavy atom. The van der Waals surface area contributed by atoms with Crippen LogP contribution in [0, 0.1) is 5.92 Å². The number of hydrogen-bond donors (Lipinski definition) is 1. The van der Waals surface area contributed by atoms with Gasteiger partial charge in [0.1, 0.15) is 5.75 Å². The molecule has 3 rings (SSSR count). The average Bonchev–Trinajstić information content (AvgIpc) is 3.06. The van der Waals surface area contributed by atoms with Crippen LogP contribution < -0.4 is 4.74 Å². The Bertz CT molecular complexity index is 594. The smallest absolute Gasteiger partial charge is 0.165 e. The Balaban J connectivity index is 1.93. The van der Waals surface area contributed by atoms with Crippen LogP contribution in [0.25, 0.3) is 10.9 Å². The van der Waals surface area contributed by atoms with Gasteiger partial charge < -0.3 is 9.72 Å². The molecule has 1 aliphatic rings. The largest absolute Gasteiger partial charge is 0.496 e. The number of aromatic nitrogens is 1. The summed E-state index contributed by atoms with van der Waals surface area (Å²) in [6.45, 7) is 0. The number of H-pyrrole nitrogens is 1. The molecule has 1 aromatic heterocycles. The van der Waals surface area contributed by atoms with E-state index in [-0.39, 0.29) is 5.78 Å². The van der Waals surface area contributed by atoms with Gasteiger partial charge >= 0.3 is 0 Å². The van der Waals surface area contributed by atoms with Crippen molar-refractivity contribution in [3.8, 4) is 5.75 Å². The zero-order valence-corrected chi connectivity index (χ0v) is 11.2. The second kappa shape index (κ2) is 5.08. The van der Waals surface area contributed by atoms with Crippen molar-refractivity contribution in [2.24, 2.45) is 5.92 Å². The average molecular weight is 257 g/mol. The fraction of sp³-hybridized carbons (Fsp3) is 0.438. The number of methoxy groups -OCH3 is 1. The van der Waals surface area contributed by atoms with E-state index in [4.69, 9.17) is 4.74 Å². The van der Waals surface area contributed by atoms with E-state index in [0.29, 0.717) is 12.3 Å². The van der Waals surface area contributed by atoms with E-state index in [9.17, 15) is 4.79 Å². The van der Waals surface area contributed by atoms with Gasteiger partial charge in [0.25, 0.3) is 0 Å². The van der Waals surface area contributed by atoms with E-state index < -0.39 is 0 Å². The lowest BCUT2D eigenvalue weighted by atomic mass is 9.96. The monoisotopic (exact) mass is 257 g/mol. The molecule has 1 saturated carbocycles. The van der Waals surface area contributed by atoms with Gasteiger partial charge in [0, 0.05) is 23.7 Å². The molecule has 1 heterocycles. The molecule has 0 bridgehead atoms. The van der Waals surface area contributed by atoms with Crippen LogP contribution in [-0.2, 0) is 0 Å². The van der Waals surface area contributed by atoms with Crippen molar-refractivity contribution in [1.29, 1.82) is 0 Å². The van der Waals surface area contributed by atoms with Crippen molar-refractivity contribution < 1.29 is 9.53 Å². The molecule has 0 unspecified atom stereocenters. The SMILES string of the molecule is COc1cccc2[nH]cc(C(=O)CC3CCCC3)c12. The molecule has 1 aliphatic carbocycles. The van der Waals surface area contributed by atoms with Crippen molar-refractivity contribution in [1.82, 2.24) is 4.98 Å². The second-order valence-electron chi connectivity index (χ2n) is 5.36. The maximum absolute atomic E-state index is 12.5. The molecule has 0 atom stereocenters. The number of fused-ring (bicyclic) bond motifs is 1. The second-order valence-corrected chi connectivity index (χ2v) is 5.36. The van der Waals surface area contributed by atoms with Crippen LogP contribution in [0.15, 0.2) is 24.4 Å². The van der Waals surface area contributed by atoms with Gasteiger partial charge in [0.2, 0.25) is 0 Å². The fourth-order valence-electron chi connectivity index (χ4n) is 3.13. The Hall–Kier alpha value is -1.77. The molecule has 3 heteroatoms. The molecule has 0 spiro atoms. The summed E-state index contributed by atoms with van der Waals surface area (Å²) in [4.78, 5) is 15.6. The Morgan fingerprint density at radius 1 is 1.37 bits per heavy atom. The van der Waals surface area contributed by atoms with E-state index in [1.165, 1.54) is 25.7 Å². The van der Waals surface area contributed by atoms with Gasteiger partial charge in [-0.1, -0.05) is 31.7 Å². The van der Waals surface area contributed by atoms with E-state index in [1.54, 1.807) is 7.11 Å². The first-order chi connectivity index (χ1) is 9.29. The molecule has 100 valence electrons. The lowest BCUT2D eigenvalue weighted by molar-refractivity contribution is 0.0963. The molecule has 1 N–H and O–H groups in total. The van der Waals surface area contributed by atoms with Crippen molar-refractivity contribution in [3.63, 3.8) is 0 Å². The molecule has 0 saturated heterocycles. The number of carbonyl (C=O) groups is 1. The van der Waals surface area contributed by atoms with E-state index in [0.717, 1.165) is 22.2 Å². The van der Waals surface area contributed by atoms with Gasteiger partial charge in [-0.05, 0) is 18.1 Å². The molecule has 1 aromatic carbocycles. The molecular weight excluding hydrogens is 238 g/mol. The standard InChI is InChI=1S/C16H19NO2/c1-19-15-8-4-7-13-16(15)12(10-17-13)14(18)9-11-5-2-3-6-11/h4,7-8,10-11,17H,2-3,5-6,9H2,1H3. The predicted molar refractivity (Wildman–Crippen MR) is 75.8 cm³/mol. The summed E-state index contributed by atoms with van der Waals surface area (Å²) < 4.78 is 5.37. The van der Waals surface area contributed by atoms with Gasteiger partial charge in [0.15, 0.2) is 5.78 Å². The third-order valence-electron chi connectivity index (χ3n) is 4.14. The number of hydrogen-bond acceptors (Lipinski definition) is 2. The summed E-state index contributed by atoms with van der Waals surface area (Å²) in [6, 6.07) is 5.82. The third-order valence-corrected chi connectivity index (χ3v) is 4.14. The molecule has 2 aromatic rings. The van der Waals surface area contributed by atoms with Crippen LogP contribution in [0.1, 0.15) is 42.5 Å². The molecule has 0 aliphatic heterocycles. The number of carbonyl (C=O) groups excluding carboxylic acids is 1. The topological polar surface area (TPSA) is 42.1 Å². The maximum Gasteiger partial charge on any atom is 0.165 e. The summed E-state index contributed by atoms with van der Waals surface area (Å²) in [5.74, 6) is 1.59. The fourth-order valence-corrected chi connectivity index (χ4v) is 3.13. The maximum atomic E-state index is 12.5. The number of nitrogens with one attached hydrogen (secondary N) is 1. The van der Waals surface area contributed by atoms with Gasteiger partial charge in [-0.3, -0.25) is 4.79 Å². The van der Waals surface area contributed by atoms with Gasteiger partial charge in [-0.2, -0.15) is 0 Å². The van der Waals surface area contributed by atoms with E-state index in [1.807, 2.05) is 24.4 Å². The normalized spacial score (nSPS) is 16.1. The highest BCUT2D eigenvalue weighted by Gasteiger charge is 2.22. The first-order valence-electron chi connectivity index (χ1n) is 6.97. The molecule has 3 nitrogen and oxygen atoms in total. The lowest BCUT2D eigenvalue weighted by Crippen LogP contribution is -2.05. The van der Waals surface area contributed by atoms with E-state index >= 15 is 0 Å². The first kappa shape index (κ1) is 12.3. The van der Waals surface area contributed by atoms with Crippen LogP contribution in [0.3, 0.4) is 0 Å². The van der Waals surface area contributed by atoms with Crippen molar-refractivity contribution in [2.45, 2.75) is 32.1 Å². The minimum Gasteiger partial charge on any atom is -0.496 e. The Labute approximate surface area is 113 Å². The number of benzene rings is 1. The highest BCUT2D eigenvalue weighted by atomic mass is 16.5. The van der Waals surface area contributed by atoms with Gasteiger partial charge in [-0.25, -0.2) is 0 Å². The van der Waals surface area contributed by atoms with Gasteiger partial charge in [-0.15, -0.1) is 0 Å². The summed E-state index contributed by atoms with van der Waals surface area (Å²) in [7, 11) is 1.65. The number of ether oxygens (including phenoxy) is 1. The van der Waals surface area contributed by atoms with Crippen molar-refractivity contribution >= 4 is 16.7 Å². The summed E-state index contributed by atoms with van der Waals surface area (Å²) >= 11 is 0. The number of rotatable bonds is 4. The molecular formula is C16H19NO2. The first-order valence-corrected chi connectivity index (χ1v) is 6.97. The highest BCUT2D eigenvalue weighted by molar-refractivity contribution is 6.10. The van der Waals surface area contributed by atoms with Gasteiger partial charge in [0.05, 0.1) is 12.5 Å². The Kier molecular flexibility index (Phi) is 3.28. The van der Waals surface area contributed by atoms with Crippen LogP contribution in [0.5, 0.6) is 5.75 Å². The van der Waals surface area contributed by atoms with Crippen molar-refractivity contribution in [3.05, 3.63) is 30.0 Å². The predicted octanol–water partition coefficient (Wildman–Crippen LogP) is 3.94. The number of Topliss-reactive ketones (excluding diaryl/α,β-unsaturated/α-hetero) is 1. The quantitative estimate of drug-likeness (QED) is 0.843. The number of ketones is 1. The minimum atomic E-state index is 0.239. The zero-order valence-electron chi connectivity index (χ0n) is 11.2. The number of aromatic amines is 1. The van der Waals surface area contributed by atoms with Crippen LogP contribution >= 0.6 is 0 Å². The van der Waals surface area contributed by atoms with Crippen LogP contribution in [-0.4, -0.2) is 17.9 Å². The molecule has 0 amide bonds. The molecule has 0 radical (unpaired) electrons. The Morgan fingerprint density at radius 3 is 2.89 bits per heavy atom. The van der Waals surface area contributed by atoms with Crippen molar-refractivity contribution in [2.75, 3.05) is 7.11 Å². The van der Waals surface area contributed by atoms with Crippen LogP contribution in [0.4, 0.5) is 0 Å². The molecule has 1 fully saturated rings. The minimum absolute atomic E-state index is 0.239. The van der Waals surface area contributed by atoms with E-state index in [2.05, 4.69) is 4.98 Å². The highest BCUT2D eigenvalue weighted by Crippen LogP contribution is 2.33. The summed E-state index contributed by atoms with van der Waals surface area (Å²) in [5.41, 5.74) is 1.74. The lowest BCUT2D eigenvalue weighted by Gasteiger charge is -2.08. The van der Waals surface area contributed by atoms with Crippen LogP contribution in [0.2, 0.25) is 0 Å². The zero-order chi connectivity index (χ0) is 13.2. The summed E-state index contributed by atoms with van der Waals surface area (Å²) in [6.07, 6.45) is 7.44. The summed E-state index contributed by atoms with van der Waals surface area (Å²) in [5, 5.41) is 0.924. The third kappa shape index (κ3) is 2.25. The molecule has 19 heavy (non-hydrogen) atoms.